The zero-order valence-corrected chi connectivity index (χ0v) is 17.1. The highest BCUT2D eigenvalue weighted by Gasteiger charge is 2.27. The Hall–Kier alpha value is -4.46. The molecule has 5 rings (SSSR count). The Kier molecular flexibility index (Phi) is 4.67. The number of ether oxygens (including phenoxy) is 2. The lowest BCUT2D eigenvalue weighted by atomic mass is 10.1. The number of aliphatic imine (C=N–C) groups is 2. The molecule has 2 aliphatic rings. The van der Waals surface area contributed by atoms with E-state index < -0.39 is 11.9 Å². The van der Waals surface area contributed by atoms with Crippen LogP contribution in [0, 0.1) is 13.8 Å². The monoisotopic (exact) mass is 428 g/mol. The smallest absolute Gasteiger partial charge is 0.363 e. The van der Waals surface area contributed by atoms with Crippen LogP contribution in [0.2, 0.25) is 0 Å². The number of rotatable bonds is 4. The zero-order chi connectivity index (χ0) is 22.2. The third-order valence-corrected chi connectivity index (χ3v) is 4.70. The van der Waals surface area contributed by atoms with Crippen LogP contribution < -0.4 is 0 Å². The van der Waals surface area contributed by atoms with Crippen LogP contribution in [0.1, 0.15) is 34.2 Å². The van der Waals surface area contributed by atoms with Crippen molar-refractivity contribution in [2.75, 3.05) is 0 Å². The topological polar surface area (TPSA) is 104 Å². The number of carbonyl (C=O) groups excluding carboxylic acids is 2. The molecule has 32 heavy (non-hydrogen) atoms. The average Bonchev–Trinajstić information content (AvgIpc) is 3.54. The Bertz CT molecular complexity index is 1260. The van der Waals surface area contributed by atoms with E-state index in [-0.39, 0.29) is 23.2 Å². The highest BCUT2D eigenvalue weighted by molar-refractivity contribution is 6.14. The molecule has 2 aliphatic heterocycles. The summed E-state index contributed by atoms with van der Waals surface area (Å²) in [5, 5.41) is 0. The molecule has 0 bridgehead atoms. The van der Waals surface area contributed by atoms with Crippen LogP contribution >= 0.6 is 0 Å². The van der Waals surface area contributed by atoms with E-state index >= 15 is 0 Å². The van der Waals surface area contributed by atoms with Gasteiger partial charge in [0.05, 0.1) is 0 Å². The van der Waals surface area contributed by atoms with Crippen LogP contribution in [0.15, 0.2) is 78.7 Å². The van der Waals surface area contributed by atoms with Crippen LogP contribution in [0.3, 0.4) is 0 Å². The van der Waals surface area contributed by atoms with E-state index in [1.807, 2.05) is 13.8 Å². The van der Waals surface area contributed by atoms with Crippen molar-refractivity contribution >= 4 is 35.9 Å². The van der Waals surface area contributed by atoms with Gasteiger partial charge in [0.25, 0.3) is 0 Å². The molecule has 0 saturated carbocycles. The van der Waals surface area contributed by atoms with E-state index in [0.29, 0.717) is 22.6 Å². The molecule has 0 unspecified atom stereocenters. The number of esters is 2. The summed E-state index contributed by atoms with van der Waals surface area (Å²) in [4.78, 5) is 32.8. The van der Waals surface area contributed by atoms with Crippen molar-refractivity contribution in [1.82, 2.24) is 0 Å². The highest BCUT2D eigenvalue weighted by Crippen LogP contribution is 2.23. The van der Waals surface area contributed by atoms with Crippen LogP contribution in [-0.2, 0) is 19.1 Å². The lowest BCUT2D eigenvalue weighted by Crippen LogP contribution is -2.07. The van der Waals surface area contributed by atoms with Gasteiger partial charge in [-0.2, -0.15) is 0 Å². The summed E-state index contributed by atoms with van der Waals surface area (Å²) in [6.45, 7) is 3.63. The van der Waals surface area contributed by atoms with Crippen LogP contribution in [0.5, 0.6) is 0 Å². The number of carbonyl (C=O) groups is 2. The van der Waals surface area contributed by atoms with E-state index in [9.17, 15) is 9.59 Å². The predicted molar refractivity (Wildman–Crippen MR) is 115 cm³/mol. The molecular weight excluding hydrogens is 412 g/mol. The first-order valence-corrected chi connectivity index (χ1v) is 9.73. The Morgan fingerprint density at radius 1 is 0.625 bits per heavy atom. The Morgan fingerprint density at radius 2 is 1.03 bits per heavy atom. The van der Waals surface area contributed by atoms with Gasteiger partial charge in [-0.1, -0.05) is 0 Å². The van der Waals surface area contributed by atoms with Crippen LogP contribution in [0.4, 0.5) is 0 Å². The molecule has 8 nitrogen and oxygen atoms in total. The largest absolute Gasteiger partial charge is 0.462 e. The van der Waals surface area contributed by atoms with Gasteiger partial charge in [0.2, 0.25) is 11.8 Å². The lowest BCUT2D eigenvalue weighted by molar-refractivity contribution is -0.130. The van der Waals surface area contributed by atoms with Crippen molar-refractivity contribution in [2.45, 2.75) is 13.8 Å². The fourth-order valence-corrected chi connectivity index (χ4v) is 3.15. The van der Waals surface area contributed by atoms with Crippen molar-refractivity contribution in [3.8, 4) is 0 Å². The first-order chi connectivity index (χ1) is 15.4. The third-order valence-electron chi connectivity index (χ3n) is 4.70. The first-order valence-electron chi connectivity index (χ1n) is 9.73. The summed E-state index contributed by atoms with van der Waals surface area (Å²) in [5.41, 5.74) is 1.48. The van der Waals surface area contributed by atoms with Gasteiger partial charge >= 0.3 is 11.9 Å². The number of aryl methyl sites for hydroxylation is 2. The minimum absolute atomic E-state index is 0.149. The molecule has 0 saturated heterocycles. The molecule has 1 aromatic carbocycles. The Morgan fingerprint density at radius 3 is 1.38 bits per heavy atom. The quantitative estimate of drug-likeness (QED) is 0.456. The van der Waals surface area contributed by atoms with Gasteiger partial charge in [-0.25, -0.2) is 19.6 Å². The molecule has 0 atom stereocenters. The van der Waals surface area contributed by atoms with Gasteiger partial charge < -0.3 is 18.3 Å². The minimum atomic E-state index is -0.560. The second-order valence-electron chi connectivity index (χ2n) is 7.15. The molecule has 158 valence electrons. The summed E-state index contributed by atoms with van der Waals surface area (Å²) in [7, 11) is 0. The standard InChI is InChI=1S/C24H16N2O6/c1-13-3-9-17(29-13)11-19-23(27)31-21(25-19)15-5-7-16(8-6-15)22-26-20(24(28)32-22)12-18-10-4-14(2)30-18/h3-12H,1-2H3. The molecule has 0 aliphatic carbocycles. The highest BCUT2D eigenvalue weighted by atomic mass is 16.6. The second kappa shape index (κ2) is 7.66. The van der Waals surface area contributed by atoms with Gasteiger partial charge in [-0.3, -0.25) is 0 Å². The summed E-state index contributed by atoms with van der Waals surface area (Å²) < 4.78 is 21.4. The van der Waals surface area contributed by atoms with Crippen molar-refractivity contribution in [3.63, 3.8) is 0 Å². The molecule has 0 N–H and O–H groups in total. The van der Waals surface area contributed by atoms with Crippen molar-refractivity contribution in [1.29, 1.82) is 0 Å². The van der Waals surface area contributed by atoms with Crippen molar-refractivity contribution in [3.05, 3.63) is 94.1 Å². The van der Waals surface area contributed by atoms with Gasteiger partial charge in [-0.15, -0.1) is 0 Å². The van der Waals surface area contributed by atoms with Gasteiger partial charge in [0.1, 0.15) is 23.0 Å². The van der Waals surface area contributed by atoms with Gasteiger partial charge in [0.15, 0.2) is 11.4 Å². The number of furan rings is 2. The van der Waals surface area contributed by atoms with E-state index in [4.69, 9.17) is 18.3 Å². The Balaban J connectivity index is 1.36. The molecule has 4 heterocycles. The third kappa shape index (κ3) is 3.81. The number of hydrogen-bond donors (Lipinski definition) is 0. The van der Waals surface area contributed by atoms with Gasteiger partial charge in [-0.05, 0) is 62.4 Å². The number of hydrogen-bond acceptors (Lipinski definition) is 8. The number of benzene rings is 1. The molecule has 0 amide bonds. The zero-order valence-electron chi connectivity index (χ0n) is 17.1. The van der Waals surface area contributed by atoms with E-state index in [0.717, 1.165) is 11.5 Å². The lowest BCUT2D eigenvalue weighted by Gasteiger charge is -2.02. The summed E-state index contributed by atoms with van der Waals surface area (Å²) >= 11 is 0. The molecule has 0 radical (unpaired) electrons. The van der Waals surface area contributed by atoms with E-state index in [1.165, 1.54) is 12.2 Å². The van der Waals surface area contributed by atoms with E-state index in [2.05, 4.69) is 9.98 Å². The average molecular weight is 428 g/mol. The molecule has 3 aromatic rings. The maximum atomic E-state index is 12.1. The van der Waals surface area contributed by atoms with Crippen molar-refractivity contribution in [2.24, 2.45) is 9.98 Å². The Labute approximate surface area is 182 Å². The minimum Gasteiger partial charge on any atom is -0.462 e. The van der Waals surface area contributed by atoms with Gasteiger partial charge in [0, 0.05) is 23.3 Å². The summed E-state index contributed by atoms with van der Waals surface area (Å²) in [6.07, 6.45) is 3.05. The number of cyclic esters (lactones) is 2. The predicted octanol–water partition coefficient (Wildman–Crippen LogP) is 4.18. The van der Waals surface area contributed by atoms with E-state index in [1.54, 1.807) is 48.5 Å². The summed E-state index contributed by atoms with van der Waals surface area (Å²) in [5.74, 6) is 1.73. The SMILES string of the molecule is Cc1ccc(C=C2N=C(c3ccc(C4=NC(=Cc5ccc(C)o5)C(=O)O4)cc3)OC2=O)o1. The number of nitrogens with zero attached hydrogens (tertiary/aromatic N) is 2. The fourth-order valence-electron chi connectivity index (χ4n) is 3.15. The fraction of sp³-hybridized carbons (Fsp3) is 0.0833. The van der Waals surface area contributed by atoms with Crippen LogP contribution in [0.25, 0.3) is 12.2 Å². The maximum absolute atomic E-state index is 12.1. The molecular formula is C24H16N2O6. The normalized spacial score (nSPS) is 18.2. The molecule has 8 heteroatoms. The maximum Gasteiger partial charge on any atom is 0.363 e. The van der Waals surface area contributed by atoms with Crippen molar-refractivity contribution < 1.29 is 27.9 Å². The first kappa shape index (κ1) is 19.5. The summed E-state index contributed by atoms with van der Waals surface area (Å²) in [6, 6.07) is 13.9. The molecule has 0 fully saturated rings. The van der Waals surface area contributed by atoms with Crippen LogP contribution in [-0.4, -0.2) is 23.7 Å². The molecule has 2 aromatic heterocycles. The second-order valence-corrected chi connectivity index (χ2v) is 7.15. The molecule has 0 spiro atoms.